The van der Waals surface area contributed by atoms with Crippen LogP contribution in [0.2, 0.25) is 0 Å². The van der Waals surface area contributed by atoms with Crippen LogP contribution in [-0.2, 0) is 10.0 Å². The average Bonchev–Trinajstić information content (AvgIpc) is 3.08. The number of anilines is 2. The summed E-state index contributed by atoms with van der Waals surface area (Å²) in [6, 6.07) is 11.6. The van der Waals surface area contributed by atoms with E-state index in [9.17, 15) is 13.2 Å². The van der Waals surface area contributed by atoms with Crippen LogP contribution in [0.1, 0.15) is 24.0 Å². The summed E-state index contributed by atoms with van der Waals surface area (Å²) in [5, 5.41) is 2.80. The zero-order chi connectivity index (χ0) is 18.7. The predicted octanol–water partition coefficient (Wildman–Crippen LogP) is 3.73. The maximum Gasteiger partial charge on any atom is 0.321 e. The maximum absolute atomic E-state index is 12.6. The number of rotatable bonds is 4. The van der Waals surface area contributed by atoms with E-state index in [0.717, 1.165) is 37.1 Å². The lowest BCUT2D eigenvalue weighted by molar-refractivity contribution is 0.222. The van der Waals surface area contributed by atoms with Crippen LogP contribution in [0.25, 0.3) is 0 Å². The van der Waals surface area contributed by atoms with Crippen molar-refractivity contribution in [1.29, 1.82) is 0 Å². The van der Waals surface area contributed by atoms with Crippen molar-refractivity contribution >= 4 is 27.4 Å². The molecule has 3 rings (SSSR count). The number of sulfonamides is 1. The molecule has 1 heterocycles. The summed E-state index contributed by atoms with van der Waals surface area (Å²) in [7, 11) is -3.68. The number of urea groups is 1. The summed E-state index contributed by atoms with van der Waals surface area (Å²) in [6.07, 6.45) is 2.05. The first-order valence-corrected chi connectivity index (χ1v) is 10.1. The minimum atomic E-state index is -3.68. The summed E-state index contributed by atoms with van der Waals surface area (Å²) < 4.78 is 27.7. The largest absolute Gasteiger partial charge is 0.325 e. The van der Waals surface area contributed by atoms with Crippen molar-refractivity contribution in [2.24, 2.45) is 0 Å². The molecule has 0 aromatic heterocycles. The van der Waals surface area contributed by atoms with Gasteiger partial charge in [0.25, 0.3) is 10.0 Å². The molecule has 138 valence electrons. The fraction of sp³-hybridized carbons (Fsp3) is 0.316. The highest BCUT2D eigenvalue weighted by Gasteiger charge is 2.18. The van der Waals surface area contributed by atoms with Gasteiger partial charge in [-0.2, -0.15) is 0 Å². The van der Waals surface area contributed by atoms with Gasteiger partial charge in [-0.15, -0.1) is 0 Å². The van der Waals surface area contributed by atoms with Crippen molar-refractivity contribution in [3.8, 4) is 0 Å². The van der Waals surface area contributed by atoms with Gasteiger partial charge in [0.05, 0.1) is 4.90 Å². The number of hydrogen-bond acceptors (Lipinski definition) is 3. The second-order valence-electron chi connectivity index (χ2n) is 6.63. The fourth-order valence-electron chi connectivity index (χ4n) is 3.09. The van der Waals surface area contributed by atoms with Gasteiger partial charge in [-0.05, 0) is 74.2 Å². The SMILES string of the molecule is Cc1cc(C)cc(NS(=O)(=O)c2ccc(NC(=O)N3CCCC3)cc2)c1. The minimum absolute atomic E-state index is 0.147. The maximum atomic E-state index is 12.6. The van der Waals surface area contributed by atoms with Crippen LogP contribution in [0.3, 0.4) is 0 Å². The number of carbonyl (C=O) groups excluding carboxylic acids is 1. The summed E-state index contributed by atoms with van der Waals surface area (Å²) >= 11 is 0. The number of amides is 2. The molecule has 26 heavy (non-hydrogen) atoms. The molecule has 7 heteroatoms. The molecule has 0 spiro atoms. The second-order valence-corrected chi connectivity index (χ2v) is 8.31. The van der Waals surface area contributed by atoms with Crippen molar-refractivity contribution < 1.29 is 13.2 Å². The van der Waals surface area contributed by atoms with Crippen molar-refractivity contribution in [3.63, 3.8) is 0 Å². The zero-order valence-corrected chi connectivity index (χ0v) is 15.8. The quantitative estimate of drug-likeness (QED) is 0.857. The van der Waals surface area contributed by atoms with Gasteiger partial charge in [0.2, 0.25) is 0 Å². The molecule has 0 atom stereocenters. The van der Waals surface area contributed by atoms with Gasteiger partial charge in [-0.3, -0.25) is 4.72 Å². The molecule has 0 aliphatic carbocycles. The number of nitrogens with zero attached hydrogens (tertiary/aromatic N) is 1. The van der Waals surface area contributed by atoms with Gasteiger partial charge in [0.1, 0.15) is 0 Å². The smallest absolute Gasteiger partial charge is 0.321 e. The topological polar surface area (TPSA) is 78.5 Å². The Morgan fingerprint density at radius 3 is 2.08 bits per heavy atom. The Balaban J connectivity index is 1.71. The lowest BCUT2D eigenvalue weighted by Gasteiger charge is -2.16. The van der Waals surface area contributed by atoms with E-state index in [0.29, 0.717) is 11.4 Å². The summed E-state index contributed by atoms with van der Waals surface area (Å²) in [5.74, 6) is 0. The van der Waals surface area contributed by atoms with Crippen molar-refractivity contribution in [3.05, 3.63) is 53.6 Å². The average molecular weight is 373 g/mol. The van der Waals surface area contributed by atoms with Gasteiger partial charge in [-0.1, -0.05) is 6.07 Å². The Hall–Kier alpha value is -2.54. The van der Waals surface area contributed by atoms with Crippen LogP contribution >= 0.6 is 0 Å². The second kappa shape index (κ2) is 7.37. The number of benzene rings is 2. The third kappa shape index (κ3) is 4.35. The van der Waals surface area contributed by atoms with Crippen LogP contribution in [0.4, 0.5) is 16.2 Å². The Morgan fingerprint density at radius 1 is 0.923 bits per heavy atom. The van der Waals surface area contributed by atoms with Crippen LogP contribution in [0.5, 0.6) is 0 Å². The molecule has 1 aliphatic rings. The number of nitrogens with one attached hydrogen (secondary N) is 2. The molecule has 6 nitrogen and oxygen atoms in total. The molecule has 0 radical (unpaired) electrons. The monoisotopic (exact) mass is 373 g/mol. The van der Waals surface area contributed by atoms with E-state index in [2.05, 4.69) is 10.0 Å². The first kappa shape index (κ1) is 18.3. The first-order valence-electron chi connectivity index (χ1n) is 8.61. The number of aryl methyl sites for hydroxylation is 2. The number of carbonyl (C=O) groups is 1. The molecule has 0 unspecified atom stereocenters. The van der Waals surface area contributed by atoms with Gasteiger partial charge in [-0.25, -0.2) is 13.2 Å². The summed E-state index contributed by atoms with van der Waals surface area (Å²) in [6.45, 7) is 5.36. The van der Waals surface area contributed by atoms with Gasteiger partial charge in [0.15, 0.2) is 0 Å². The summed E-state index contributed by atoms with van der Waals surface area (Å²) in [5.41, 5.74) is 3.09. The fourth-order valence-corrected chi connectivity index (χ4v) is 4.13. The third-order valence-electron chi connectivity index (χ3n) is 4.28. The van der Waals surface area contributed by atoms with Crippen LogP contribution in [0.15, 0.2) is 47.4 Å². The molecule has 2 aromatic carbocycles. The van der Waals surface area contributed by atoms with Crippen molar-refractivity contribution in [2.75, 3.05) is 23.1 Å². The van der Waals surface area contributed by atoms with Crippen LogP contribution in [-0.4, -0.2) is 32.4 Å². The molecular weight excluding hydrogens is 350 g/mol. The lowest BCUT2D eigenvalue weighted by Crippen LogP contribution is -2.32. The molecule has 0 bridgehead atoms. The molecule has 2 N–H and O–H groups in total. The summed E-state index contributed by atoms with van der Waals surface area (Å²) in [4.78, 5) is 14.0. The predicted molar refractivity (Wildman–Crippen MR) is 103 cm³/mol. The van der Waals surface area contributed by atoms with Crippen molar-refractivity contribution in [2.45, 2.75) is 31.6 Å². The van der Waals surface area contributed by atoms with Gasteiger partial charge < -0.3 is 10.2 Å². The normalized spacial score (nSPS) is 14.3. The Labute approximate surface area is 154 Å². The van der Waals surface area contributed by atoms with Gasteiger partial charge >= 0.3 is 6.03 Å². The van der Waals surface area contributed by atoms with Crippen LogP contribution in [0, 0.1) is 13.8 Å². The van der Waals surface area contributed by atoms with E-state index in [-0.39, 0.29) is 10.9 Å². The number of likely N-dealkylation sites (tertiary alicyclic amines) is 1. The first-order chi connectivity index (χ1) is 12.3. The Morgan fingerprint density at radius 2 is 1.50 bits per heavy atom. The van der Waals surface area contributed by atoms with Crippen molar-refractivity contribution in [1.82, 2.24) is 4.90 Å². The Bertz CT molecular complexity index is 882. The lowest BCUT2D eigenvalue weighted by atomic mass is 10.1. The molecule has 2 aromatic rings. The van der Waals surface area contributed by atoms with E-state index < -0.39 is 10.0 Å². The third-order valence-corrected chi connectivity index (χ3v) is 5.68. The van der Waals surface area contributed by atoms with E-state index in [1.54, 1.807) is 29.2 Å². The highest BCUT2D eigenvalue weighted by Crippen LogP contribution is 2.21. The van der Waals surface area contributed by atoms with E-state index in [4.69, 9.17) is 0 Å². The highest BCUT2D eigenvalue weighted by atomic mass is 32.2. The minimum Gasteiger partial charge on any atom is -0.325 e. The Kier molecular flexibility index (Phi) is 5.18. The molecule has 0 saturated carbocycles. The standard InChI is InChI=1S/C19H23N3O3S/c1-14-11-15(2)13-17(12-14)21-26(24,25)18-7-5-16(6-8-18)20-19(23)22-9-3-4-10-22/h5-8,11-13,21H,3-4,9-10H2,1-2H3,(H,20,23). The molecule has 1 fully saturated rings. The van der Waals surface area contributed by atoms with Gasteiger partial charge in [0, 0.05) is 24.5 Å². The molecule has 1 saturated heterocycles. The van der Waals surface area contributed by atoms with E-state index in [1.807, 2.05) is 19.9 Å². The molecule has 1 aliphatic heterocycles. The highest BCUT2D eigenvalue weighted by molar-refractivity contribution is 7.92. The van der Waals surface area contributed by atoms with E-state index in [1.165, 1.54) is 12.1 Å². The van der Waals surface area contributed by atoms with E-state index >= 15 is 0 Å². The zero-order valence-electron chi connectivity index (χ0n) is 15.0. The number of hydrogen-bond donors (Lipinski definition) is 2. The molecule has 2 amide bonds. The molecular formula is C19H23N3O3S. The van der Waals surface area contributed by atoms with Crippen LogP contribution < -0.4 is 10.0 Å².